The van der Waals surface area contributed by atoms with Crippen LogP contribution in [0.5, 0.6) is 11.6 Å². The predicted molar refractivity (Wildman–Crippen MR) is 187 cm³/mol. The number of ether oxygens (including phenoxy) is 4. The quantitative estimate of drug-likeness (QED) is 0.351. The molecule has 2 aliphatic heterocycles. The molecular formula is C38H54N4O7. The Kier molecular flexibility index (Phi) is 10.8. The summed E-state index contributed by atoms with van der Waals surface area (Å²) in [5.74, 6) is 0.128. The number of benzene rings is 1. The SMILES string of the molecule is COc1ccc2nc3c(nc2c1)O[C@H]1CN(C(=O)[C@H](C(C)(C)C)NC(=O)O[C@@H]2C[C@H]2CCCCC=C3)[C@H](C(=O)OC(C)(C)C)[C@@H]1CC(C)C. The van der Waals surface area contributed by atoms with E-state index in [-0.39, 0.29) is 24.5 Å². The normalized spacial score (nSPS) is 26.8. The van der Waals surface area contributed by atoms with E-state index in [1.165, 1.54) is 0 Å². The van der Waals surface area contributed by atoms with Crippen molar-refractivity contribution in [1.29, 1.82) is 0 Å². The first kappa shape index (κ1) is 36.4. The van der Waals surface area contributed by atoms with Gasteiger partial charge in [-0.2, -0.15) is 0 Å². The summed E-state index contributed by atoms with van der Waals surface area (Å²) >= 11 is 0. The molecule has 0 radical (unpaired) electrons. The molecule has 2 fully saturated rings. The lowest BCUT2D eigenvalue weighted by Gasteiger charge is -2.36. The van der Waals surface area contributed by atoms with Crippen LogP contribution in [0.2, 0.25) is 0 Å². The van der Waals surface area contributed by atoms with E-state index < -0.39 is 47.2 Å². The highest BCUT2D eigenvalue weighted by atomic mass is 16.6. The Hall–Kier alpha value is -3.89. The van der Waals surface area contributed by atoms with E-state index in [4.69, 9.17) is 28.9 Å². The van der Waals surface area contributed by atoms with E-state index in [1.807, 2.05) is 65.8 Å². The van der Waals surface area contributed by atoms with Gasteiger partial charge in [-0.3, -0.25) is 4.79 Å². The molecule has 11 heteroatoms. The molecule has 1 aromatic heterocycles. The highest BCUT2D eigenvalue weighted by Crippen LogP contribution is 2.40. The first-order valence-electron chi connectivity index (χ1n) is 17.7. The number of carbonyl (C=O) groups is 3. The van der Waals surface area contributed by atoms with Gasteiger partial charge >= 0.3 is 12.1 Å². The van der Waals surface area contributed by atoms with E-state index in [1.54, 1.807) is 12.0 Å². The number of amides is 2. The third kappa shape index (κ3) is 9.02. The molecule has 6 atom stereocenters. The number of allylic oxidation sites excluding steroid dienone is 1. The first-order chi connectivity index (χ1) is 23.0. The third-order valence-corrected chi connectivity index (χ3v) is 9.36. The molecule has 1 N–H and O–H groups in total. The lowest BCUT2D eigenvalue weighted by Crippen LogP contribution is -2.58. The summed E-state index contributed by atoms with van der Waals surface area (Å²) in [6.45, 7) is 15.3. The van der Waals surface area contributed by atoms with E-state index >= 15 is 0 Å². The van der Waals surface area contributed by atoms with Crippen molar-refractivity contribution in [1.82, 2.24) is 20.2 Å². The van der Waals surface area contributed by atoms with Gasteiger partial charge in [0.25, 0.3) is 0 Å². The molecule has 268 valence electrons. The largest absolute Gasteiger partial charge is 0.497 e. The van der Waals surface area contributed by atoms with Gasteiger partial charge < -0.3 is 29.2 Å². The molecule has 2 amide bonds. The number of rotatable bonds is 4. The molecule has 11 nitrogen and oxygen atoms in total. The lowest BCUT2D eigenvalue weighted by molar-refractivity contribution is -0.165. The van der Waals surface area contributed by atoms with Crippen molar-refractivity contribution >= 4 is 35.1 Å². The second-order valence-electron chi connectivity index (χ2n) is 16.3. The Bertz CT molecular complexity index is 1560. The molecule has 3 heterocycles. The molecule has 1 saturated heterocycles. The molecule has 2 aromatic rings. The van der Waals surface area contributed by atoms with Gasteiger partial charge in [-0.15, -0.1) is 0 Å². The molecule has 3 aliphatic rings. The summed E-state index contributed by atoms with van der Waals surface area (Å²) in [5, 5.41) is 2.88. The van der Waals surface area contributed by atoms with Crippen molar-refractivity contribution in [3.63, 3.8) is 0 Å². The molecule has 1 aromatic carbocycles. The molecular weight excluding hydrogens is 624 g/mol. The van der Waals surface area contributed by atoms with Gasteiger partial charge in [-0.05, 0) is 88.3 Å². The number of fused-ring (bicyclic) bond motifs is 5. The van der Waals surface area contributed by atoms with Gasteiger partial charge in [-0.25, -0.2) is 19.6 Å². The van der Waals surface area contributed by atoms with Crippen molar-refractivity contribution < 1.29 is 33.3 Å². The van der Waals surface area contributed by atoms with Gasteiger partial charge in [0.1, 0.15) is 41.3 Å². The molecule has 0 unspecified atom stereocenters. The van der Waals surface area contributed by atoms with Gasteiger partial charge in [-0.1, -0.05) is 47.1 Å². The molecule has 5 rings (SSSR count). The van der Waals surface area contributed by atoms with Crippen LogP contribution in [0.4, 0.5) is 4.79 Å². The molecule has 1 saturated carbocycles. The maximum absolute atomic E-state index is 14.7. The predicted octanol–water partition coefficient (Wildman–Crippen LogP) is 6.72. The van der Waals surface area contributed by atoms with Crippen LogP contribution in [0.3, 0.4) is 0 Å². The summed E-state index contributed by atoms with van der Waals surface area (Å²) in [7, 11) is 1.60. The Morgan fingerprint density at radius 3 is 2.47 bits per heavy atom. The Labute approximate surface area is 290 Å². The maximum atomic E-state index is 14.7. The van der Waals surface area contributed by atoms with E-state index in [0.717, 1.165) is 32.1 Å². The highest BCUT2D eigenvalue weighted by molar-refractivity contribution is 5.91. The summed E-state index contributed by atoms with van der Waals surface area (Å²) in [5.41, 5.74) is 0.403. The maximum Gasteiger partial charge on any atom is 0.408 e. The fourth-order valence-electron chi connectivity index (χ4n) is 6.85. The summed E-state index contributed by atoms with van der Waals surface area (Å²) in [6.07, 6.45) is 7.83. The average molecular weight is 679 g/mol. The van der Waals surface area contributed by atoms with Crippen LogP contribution < -0.4 is 14.8 Å². The molecule has 49 heavy (non-hydrogen) atoms. The topological polar surface area (TPSA) is 129 Å². The van der Waals surface area contributed by atoms with Gasteiger partial charge in [0, 0.05) is 12.0 Å². The Morgan fingerprint density at radius 1 is 1.04 bits per heavy atom. The molecule has 2 bridgehead atoms. The van der Waals surface area contributed by atoms with Crippen molar-refractivity contribution in [2.75, 3.05) is 13.7 Å². The van der Waals surface area contributed by atoms with E-state index in [0.29, 0.717) is 40.7 Å². The monoisotopic (exact) mass is 678 g/mol. The van der Waals surface area contributed by atoms with Crippen LogP contribution >= 0.6 is 0 Å². The number of hydrogen-bond acceptors (Lipinski definition) is 9. The van der Waals surface area contributed by atoms with Crippen LogP contribution in [-0.4, -0.2) is 76.4 Å². The standard InChI is InChI=1S/C38H54N4O7/c1-22(2)18-25-30-21-42(31(25)35(44)49-38(6,7)8)34(43)32(37(3,4)5)41-36(45)48-29-19-23(29)14-12-10-11-13-15-27-33(47-30)40-28-20-24(46-9)16-17-26(28)39-27/h13,15-17,20,22-23,25,29-32H,10-12,14,18-19,21H2,1-9H3,(H,41,45)/t23-,25-,29-,30+,31+,32-/m1/s1. The smallest absolute Gasteiger partial charge is 0.408 e. The van der Waals surface area contributed by atoms with Crippen molar-refractivity contribution in [3.05, 3.63) is 30.0 Å². The van der Waals surface area contributed by atoms with Crippen LogP contribution in [0.1, 0.15) is 99.6 Å². The number of alkyl carbamates (subject to hydrolysis) is 1. The Morgan fingerprint density at radius 2 is 1.80 bits per heavy atom. The third-order valence-electron chi connectivity index (χ3n) is 9.36. The number of methoxy groups -OCH3 is 1. The zero-order chi connectivity index (χ0) is 35.7. The van der Waals surface area contributed by atoms with E-state index in [9.17, 15) is 14.4 Å². The minimum absolute atomic E-state index is 0.0924. The minimum atomic E-state index is -0.964. The van der Waals surface area contributed by atoms with Gasteiger partial charge in [0.05, 0.1) is 24.7 Å². The molecule has 1 aliphatic carbocycles. The second kappa shape index (κ2) is 14.5. The summed E-state index contributed by atoms with van der Waals surface area (Å²) < 4.78 is 24.0. The second-order valence-corrected chi connectivity index (χ2v) is 16.3. The number of hydrogen-bond donors (Lipinski definition) is 1. The average Bonchev–Trinajstić information content (AvgIpc) is 3.64. The number of nitrogens with zero attached hydrogens (tertiary/aromatic N) is 3. The van der Waals surface area contributed by atoms with Crippen LogP contribution in [0.25, 0.3) is 17.1 Å². The summed E-state index contributed by atoms with van der Waals surface area (Å²) in [6, 6.07) is 3.62. The van der Waals surface area contributed by atoms with Crippen LogP contribution in [0.15, 0.2) is 24.3 Å². The zero-order valence-electron chi connectivity index (χ0n) is 30.6. The fraction of sp³-hybridized carbons (Fsp3) is 0.658. The van der Waals surface area contributed by atoms with Gasteiger partial charge in [0.2, 0.25) is 11.8 Å². The zero-order valence-corrected chi connectivity index (χ0v) is 30.6. The number of nitrogens with one attached hydrogen (secondary N) is 1. The van der Waals surface area contributed by atoms with Crippen molar-refractivity contribution in [3.8, 4) is 11.6 Å². The van der Waals surface area contributed by atoms with Gasteiger partial charge in [0.15, 0.2) is 0 Å². The number of carbonyl (C=O) groups excluding carboxylic acids is 3. The lowest BCUT2D eigenvalue weighted by atomic mass is 9.85. The van der Waals surface area contributed by atoms with Crippen LogP contribution in [-0.2, 0) is 19.1 Å². The highest BCUT2D eigenvalue weighted by Gasteiger charge is 2.53. The molecule has 0 spiro atoms. The summed E-state index contributed by atoms with van der Waals surface area (Å²) in [4.78, 5) is 53.4. The number of esters is 1. The number of aromatic nitrogens is 2. The minimum Gasteiger partial charge on any atom is -0.497 e. The van der Waals surface area contributed by atoms with E-state index in [2.05, 4.69) is 25.2 Å². The van der Waals surface area contributed by atoms with Crippen molar-refractivity contribution in [2.24, 2.45) is 23.2 Å². The Balaban J connectivity index is 1.61. The first-order valence-corrected chi connectivity index (χ1v) is 17.7. The fourth-order valence-corrected chi connectivity index (χ4v) is 6.85. The van der Waals surface area contributed by atoms with Crippen LogP contribution in [0, 0.1) is 23.2 Å². The van der Waals surface area contributed by atoms with Crippen molar-refractivity contribution in [2.45, 2.75) is 124 Å².